The Bertz CT molecular complexity index is 512. The maximum atomic E-state index is 5.38. The van der Waals surface area contributed by atoms with E-state index in [1.54, 1.807) is 0 Å². The van der Waals surface area contributed by atoms with E-state index in [0.717, 1.165) is 37.0 Å². The van der Waals surface area contributed by atoms with Crippen molar-refractivity contribution in [2.24, 2.45) is 5.92 Å². The quantitative estimate of drug-likeness (QED) is 0.842. The Morgan fingerprint density at radius 2 is 2.05 bits per heavy atom. The lowest BCUT2D eigenvalue weighted by molar-refractivity contribution is 0.0125. The number of anilines is 1. The van der Waals surface area contributed by atoms with E-state index in [1.165, 1.54) is 45.2 Å². The molecule has 1 aromatic heterocycles. The van der Waals surface area contributed by atoms with Crippen LogP contribution in [0.25, 0.3) is 0 Å². The molecule has 3 aliphatic rings. The fourth-order valence-electron chi connectivity index (χ4n) is 4.20. The van der Waals surface area contributed by atoms with Gasteiger partial charge in [-0.2, -0.15) is 4.98 Å². The molecular formula is C16H27N5O. The van der Waals surface area contributed by atoms with Crippen molar-refractivity contribution in [3.8, 4) is 0 Å². The third kappa shape index (κ3) is 2.86. The number of hydrogen-bond donors (Lipinski definition) is 0. The number of piperidine rings is 2. The van der Waals surface area contributed by atoms with Crippen LogP contribution >= 0.6 is 0 Å². The van der Waals surface area contributed by atoms with Gasteiger partial charge in [-0.1, -0.05) is 0 Å². The first-order chi connectivity index (χ1) is 10.7. The van der Waals surface area contributed by atoms with Gasteiger partial charge in [0.2, 0.25) is 5.89 Å². The zero-order valence-corrected chi connectivity index (χ0v) is 13.7. The summed E-state index contributed by atoms with van der Waals surface area (Å²) in [6.07, 6.45) is 6.92. The van der Waals surface area contributed by atoms with Crippen molar-refractivity contribution in [2.75, 3.05) is 38.6 Å². The zero-order valence-electron chi connectivity index (χ0n) is 13.7. The molecule has 0 amide bonds. The third-order valence-corrected chi connectivity index (χ3v) is 5.43. The molecule has 2 atom stereocenters. The van der Waals surface area contributed by atoms with Crippen molar-refractivity contribution in [1.29, 1.82) is 0 Å². The average Bonchev–Trinajstić information content (AvgIpc) is 3.25. The number of hydrogen-bond acceptors (Lipinski definition) is 6. The minimum Gasteiger partial charge on any atom is -0.344 e. The second-order valence-electron chi connectivity index (χ2n) is 7.34. The number of nitrogens with zero attached hydrogens (tertiary/aromatic N) is 5. The molecule has 1 aromatic rings. The van der Waals surface area contributed by atoms with Crippen LogP contribution in [0.4, 0.5) is 5.95 Å². The van der Waals surface area contributed by atoms with Crippen molar-refractivity contribution in [3.05, 3.63) is 5.89 Å². The van der Waals surface area contributed by atoms with Crippen LogP contribution in [0, 0.1) is 5.92 Å². The molecule has 2 aliphatic heterocycles. The first-order valence-electron chi connectivity index (χ1n) is 8.68. The molecule has 1 aliphatic carbocycles. The van der Waals surface area contributed by atoms with Gasteiger partial charge >= 0.3 is 0 Å². The molecule has 0 spiro atoms. The highest BCUT2D eigenvalue weighted by Gasteiger charge is 2.42. The molecule has 1 saturated carbocycles. The van der Waals surface area contributed by atoms with Crippen LogP contribution < -0.4 is 4.90 Å². The highest BCUT2D eigenvalue weighted by atomic mass is 16.5. The predicted octanol–water partition coefficient (Wildman–Crippen LogP) is 1.58. The smallest absolute Gasteiger partial charge is 0.265 e. The van der Waals surface area contributed by atoms with Gasteiger partial charge in [0.25, 0.3) is 5.95 Å². The Morgan fingerprint density at radius 1 is 1.18 bits per heavy atom. The fraction of sp³-hybridized carbons (Fsp3) is 0.875. The molecule has 6 heteroatoms. The molecule has 122 valence electrons. The van der Waals surface area contributed by atoms with E-state index in [2.05, 4.69) is 19.9 Å². The maximum absolute atomic E-state index is 5.38. The van der Waals surface area contributed by atoms with Crippen LogP contribution in [-0.2, 0) is 6.54 Å². The summed E-state index contributed by atoms with van der Waals surface area (Å²) in [5.74, 6) is 2.25. The summed E-state index contributed by atoms with van der Waals surface area (Å²) in [4.78, 5) is 11.7. The average molecular weight is 305 g/mol. The normalized spacial score (nSPS) is 30.3. The van der Waals surface area contributed by atoms with Crippen LogP contribution in [0.15, 0.2) is 4.52 Å². The van der Waals surface area contributed by atoms with E-state index in [1.807, 2.05) is 19.0 Å². The largest absolute Gasteiger partial charge is 0.344 e. The Kier molecular flexibility index (Phi) is 3.82. The molecule has 6 nitrogen and oxygen atoms in total. The Labute approximate surface area is 132 Å². The summed E-state index contributed by atoms with van der Waals surface area (Å²) in [6.45, 7) is 4.48. The summed E-state index contributed by atoms with van der Waals surface area (Å²) in [5.41, 5.74) is 0. The van der Waals surface area contributed by atoms with Crippen LogP contribution in [0.1, 0.15) is 38.0 Å². The van der Waals surface area contributed by atoms with Crippen LogP contribution in [0.5, 0.6) is 0 Å². The first kappa shape index (κ1) is 14.5. The molecular weight excluding hydrogens is 278 g/mol. The lowest BCUT2D eigenvalue weighted by Crippen LogP contribution is -2.54. The van der Waals surface area contributed by atoms with Gasteiger partial charge in [0.15, 0.2) is 0 Å². The van der Waals surface area contributed by atoms with Gasteiger partial charge in [0.1, 0.15) is 0 Å². The number of fused-ring (bicyclic) bond motifs is 1. The highest BCUT2D eigenvalue weighted by Crippen LogP contribution is 2.38. The van der Waals surface area contributed by atoms with E-state index < -0.39 is 0 Å². The predicted molar refractivity (Wildman–Crippen MR) is 84.8 cm³/mol. The van der Waals surface area contributed by atoms with Crippen molar-refractivity contribution in [3.63, 3.8) is 0 Å². The Morgan fingerprint density at radius 3 is 2.77 bits per heavy atom. The maximum Gasteiger partial charge on any atom is 0.265 e. The molecule has 2 saturated heterocycles. The summed E-state index contributed by atoms with van der Waals surface area (Å²) < 4.78 is 5.38. The lowest BCUT2D eigenvalue weighted by atomic mass is 9.83. The topological polar surface area (TPSA) is 48.6 Å². The SMILES string of the molecule is CN(C)c1noc(CN2CCC3C(CCCN3C3CC3)C2)n1. The van der Waals surface area contributed by atoms with E-state index in [0.29, 0.717) is 5.95 Å². The van der Waals surface area contributed by atoms with Crippen LogP contribution in [-0.4, -0.2) is 65.8 Å². The van der Waals surface area contributed by atoms with Gasteiger partial charge in [-0.3, -0.25) is 9.80 Å². The number of rotatable bonds is 4. The van der Waals surface area contributed by atoms with Crippen LogP contribution in [0.3, 0.4) is 0 Å². The highest BCUT2D eigenvalue weighted by molar-refractivity contribution is 5.23. The Balaban J connectivity index is 1.37. The molecule has 2 unspecified atom stereocenters. The van der Waals surface area contributed by atoms with Gasteiger partial charge in [0, 0.05) is 39.3 Å². The monoisotopic (exact) mass is 305 g/mol. The molecule has 3 heterocycles. The van der Waals surface area contributed by atoms with Gasteiger partial charge in [-0.25, -0.2) is 0 Å². The summed E-state index contributed by atoms with van der Waals surface area (Å²) in [5, 5.41) is 4.01. The third-order valence-electron chi connectivity index (χ3n) is 5.43. The number of aromatic nitrogens is 2. The van der Waals surface area contributed by atoms with Crippen molar-refractivity contribution in [2.45, 2.75) is 50.7 Å². The van der Waals surface area contributed by atoms with Crippen molar-refractivity contribution < 1.29 is 4.52 Å². The molecule has 0 N–H and O–H groups in total. The summed E-state index contributed by atoms with van der Waals surface area (Å²) >= 11 is 0. The molecule has 4 rings (SSSR count). The van der Waals surface area contributed by atoms with Crippen LogP contribution in [0.2, 0.25) is 0 Å². The van der Waals surface area contributed by atoms with E-state index >= 15 is 0 Å². The second-order valence-corrected chi connectivity index (χ2v) is 7.34. The lowest BCUT2D eigenvalue weighted by Gasteiger charge is -2.47. The molecule has 0 aromatic carbocycles. The second kappa shape index (κ2) is 5.81. The zero-order chi connectivity index (χ0) is 15.1. The standard InChI is InChI=1S/C16H27N5O/c1-19(2)16-17-15(22-18-16)11-20-9-7-14-12(10-20)4-3-8-21(14)13-5-6-13/h12-14H,3-11H2,1-2H3. The number of likely N-dealkylation sites (tertiary alicyclic amines) is 2. The minimum absolute atomic E-state index is 0.669. The fourth-order valence-corrected chi connectivity index (χ4v) is 4.20. The van der Waals surface area contributed by atoms with Crippen molar-refractivity contribution >= 4 is 5.95 Å². The summed E-state index contributed by atoms with van der Waals surface area (Å²) in [6, 6.07) is 1.75. The van der Waals surface area contributed by atoms with Gasteiger partial charge in [-0.05, 0) is 49.7 Å². The van der Waals surface area contributed by atoms with Gasteiger partial charge in [-0.15, -0.1) is 0 Å². The van der Waals surface area contributed by atoms with Gasteiger partial charge < -0.3 is 9.42 Å². The molecule has 0 bridgehead atoms. The summed E-state index contributed by atoms with van der Waals surface area (Å²) in [7, 11) is 3.88. The Hall–Kier alpha value is -1.14. The minimum atomic E-state index is 0.669. The first-order valence-corrected chi connectivity index (χ1v) is 8.68. The molecule has 22 heavy (non-hydrogen) atoms. The molecule has 3 fully saturated rings. The van der Waals surface area contributed by atoms with E-state index in [9.17, 15) is 0 Å². The van der Waals surface area contributed by atoms with E-state index in [4.69, 9.17) is 4.52 Å². The van der Waals surface area contributed by atoms with E-state index in [-0.39, 0.29) is 0 Å². The molecule has 0 radical (unpaired) electrons. The van der Waals surface area contributed by atoms with Crippen molar-refractivity contribution in [1.82, 2.24) is 19.9 Å². The van der Waals surface area contributed by atoms with Gasteiger partial charge in [0.05, 0.1) is 6.54 Å².